The fraction of sp³-hybridized carbons (Fsp3) is 0.424. The van der Waals surface area contributed by atoms with E-state index in [4.69, 9.17) is 9.73 Å². The molecule has 1 fully saturated rings. The van der Waals surface area contributed by atoms with Crippen LogP contribution < -0.4 is 10.1 Å². The molecule has 2 heterocycles. The molecule has 2 aliphatic heterocycles. The summed E-state index contributed by atoms with van der Waals surface area (Å²) in [5, 5.41) is 3.50. The van der Waals surface area contributed by atoms with Gasteiger partial charge in [0.05, 0.1) is 16.8 Å². The first-order chi connectivity index (χ1) is 18.7. The third-order valence-corrected chi connectivity index (χ3v) is 8.26. The van der Waals surface area contributed by atoms with Crippen molar-refractivity contribution in [1.82, 2.24) is 4.90 Å². The fourth-order valence-electron chi connectivity index (χ4n) is 6.14. The molecule has 4 aliphatic rings. The standard InChI is InChI=1S/C33H37N3O3/c1-20-9-7-15-36(19-20)16-8-14-34-25-18-27-30(35-24-13-12-21(33(2,3)4)17-26(24)39-27)29-28(25)31(37)22-10-5-6-11-23(22)32(29)38/h5-6,10-13,17-18,20,26,34H,7-9,14-16,19H2,1-4H3/t20-,26?/m1/s1. The van der Waals surface area contributed by atoms with Gasteiger partial charge in [0.15, 0.2) is 17.7 Å². The van der Waals surface area contributed by atoms with Gasteiger partial charge in [0, 0.05) is 36.0 Å². The molecule has 0 bridgehead atoms. The number of carbonyl (C=O) groups excluding carboxylic acids is 2. The number of benzene rings is 2. The maximum absolute atomic E-state index is 13.8. The first kappa shape index (κ1) is 25.8. The van der Waals surface area contributed by atoms with Gasteiger partial charge in [-0.1, -0.05) is 58.0 Å². The molecule has 6 rings (SSSR count). The fourth-order valence-corrected chi connectivity index (χ4v) is 6.14. The smallest absolute Gasteiger partial charge is 0.196 e. The average Bonchev–Trinajstić information content (AvgIpc) is 2.91. The maximum atomic E-state index is 13.8. The molecule has 2 atom stereocenters. The highest BCUT2D eigenvalue weighted by atomic mass is 16.5. The molecule has 1 unspecified atom stereocenters. The van der Waals surface area contributed by atoms with Crippen molar-refractivity contribution in [3.63, 3.8) is 0 Å². The highest BCUT2D eigenvalue weighted by Crippen LogP contribution is 2.46. The molecule has 0 aromatic heterocycles. The Labute approximate surface area is 230 Å². The van der Waals surface area contributed by atoms with Crippen LogP contribution in [-0.2, 0) is 0 Å². The molecule has 1 saturated heterocycles. The van der Waals surface area contributed by atoms with E-state index in [0.717, 1.165) is 37.7 Å². The number of hydrogen-bond donors (Lipinski definition) is 1. The topological polar surface area (TPSA) is 71.0 Å². The molecule has 2 aromatic rings. The molecular weight excluding hydrogens is 486 g/mol. The first-order valence-corrected chi connectivity index (χ1v) is 14.2. The van der Waals surface area contributed by atoms with E-state index in [1.807, 2.05) is 12.1 Å². The number of ketones is 2. The van der Waals surface area contributed by atoms with Gasteiger partial charge in [-0.3, -0.25) is 9.59 Å². The number of nitrogens with zero attached hydrogens (tertiary/aromatic N) is 2. The van der Waals surface area contributed by atoms with Crippen molar-refractivity contribution in [2.45, 2.75) is 53.1 Å². The van der Waals surface area contributed by atoms with Crippen LogP contribution in [0.3, 0.4) is 0 Å². The van der Waals surface area contributed by atoms with Crippen molar-refractivity contribution in [1.29, 1.82) is 0 Å². The van der Waals surface area contributed by atoms with Crippen LogP contribution >= 0.6 is 0 Å². The molecule has 6 nitrogen and oxygen atoms in total. The molecular formula is C33H37N3O3. The highest BCUT2D eigenvalue weighted by molar-refractivity contribution is 6.32. The van der Waals surface area contributed by atoms with Gasteiger partial charge in [-0.2, -0.15) is 0 Å². The van der Waals surface area contributed by atoms with Crippen LogP contribution in [-0.4, -0.2) is 54.5 Å². The second-order valence-electron chi connectivity index (χ2n) is 12.3. The Bertz CT molecular complexity index is 1440. The normalized spacial score (nSPS) is 22.2. The molecule has 2 aromatic carbocycles. The second kappa shape index (κ2) is 9.91. The number of piperidine rings is 1. The third kappa shape index (κ3) is 4.76. The van der Waals surface area contributed by atoms with Crippen LogP contribution in [0.4, 0.5) is 11.4 Å². The van der Waals surface area contributed by atoms with Crippen molar-refractivity contribution in [3.05, 3.63) is 76.4 Å². The Morgan fingerprint density at radius 1 is 1.08 bits per heavy atom. The highest BCUT2D eigenvalue weighted by Gasteiger charge is 2.38. The third-order valence-electron chi connectivity index (χ3n) is 8.26. The minimum absolute atomic E-state index is 0.0213. The molecule has 0 spiro atoms. The van der Waals surface area contributed by atoms with E-state index in [9.17, 15) is 9.59 Å². The Kier molecular flexibility index (Phi) is 6.54. The number of nitrogens with one attached hydrogen (secondary N) is 1. The lowest BCUT2D eigenvalue weighted by Gasteiger charge is -2.32. The van der Waals surface area contributed by atoms with Crippen LogP contribution in [0.5, 0.6) is 5.75 Å². The summed E-state index contributed by atoms with van der Waals surface area (Å²) in [4.78, 5) is 35.1. The number of anilines is 1. The van der Waals surface area contributed by atoms with Gasteiger partial charge in [0.1, 0.15) is 11.4 Å². The number of carbonyl (C=O) groups is 2. The predicted molar refractivity (Wildman–Crippen MR) is 156 cm³/mol. The molecule has 0 saturated carbocycles. The maximum Gasteiger partial charge on any atom is 0.196 e. The van der Waals surface area contributed by atoms with Gasteiger partial charge >= 0.3 is 0 Å². The van der Waals surface area contributed by atoms with Gasteiger partial charge in [-0.25, -0.2) is 4.99 Å². The minimum Gasteiger partial charge on any atom is -0.478 e. The summed E-state index contributed by atoms with van der Waals surface area (Å²) in [6, 6.07) is 8.94. The summed E-state index contributed by atoms with van der Waals surface area (Å²) in [5.41, 5.74) is 4.61. The molecule has 6 heteroatoms. The van der Waals surface area contributed by atoms with E-state index in [1.165, 1.54) is 18.4 Å². The Hall–Kier alpha value is -3.51. The Morgan fingerprint density at radius 2 is 1.82 bits per heavy atom. The summed E-state index contributed by atoms with van der Waals surface area (Å²) in [6.45, 7) is 12.8. The van der Waals surface area contributed by atoms with Gasteiger partial charge in [-0.15, -0.1) is 0 Å². The average molecular weight is 524 g/mol. The predicted octanol–water partition coefficient (Wildman–Crippen LogP) is 6.37. The van der Waals surface area contributed by atoms with Crippen LogP contribution in [0.15, 0.2) is 59.1 Å². The zero-order valence-corrected chi connectivity index (χ0v) is 23.3. The minimum atomic E-state index is -0.328. The van der Waals surface area contributed by atoms with Crippen LogP contribution in [0.25, 0.3) is 0 Å². The summed E-state index contributed by atoms with van der Waals surface area (Å²) in [6.07, 6.45) is 9.33. The summed E-state index contributed by atoms with van der Waals surface area (Å²) in [5.74, 6) is 0.953. The van der Waals surface area contributed by atoms with E-state index >= 15 is 0 Å². The van der Waals surface area contributed by atoms with E-state index in [2.05, 4.69) is 50.1 Å². The second-order valence-corrected chi connectivity index (χ2v) is 12.3. The molecule has 202 valence electrons. The van der Waals surface area contributed by atoms with Crippen LogP contribution in [0.1, 0.15) is 78.8 Å². The summed E-state index contributed by atoms with van der Waals surface area (Å²) >= 11 is 0. The molecule has 0 radical (unpaired) electrons. The number of hydrogen-bond acceptors (Lipinski definition) is 6. The number of rotatable bonds is 5. The van der Waals surface area contributed by atoms with Gasteiger partial charge in [-0.05, 0) is 61.4 Å². The van der Waals surface area contributed by atoms with Crippen molar-refractivity contribution < 1.29 is 14.3 Å². The lowest BCUT2D eigenvalue weighted by atomic mass is 9.81. The van der Waals surface area contributed by atoms with E-state index in [0.29, 0.717) is 45.9 Å². The monoisotopic (exact) mass is 523 g/mol. The van der Waals surface area contributed by atoms with Crippen molar-refractivity contribution >= 4 is 28.7 Å². The van der Waals surface area contributed by atoms with Gasteiger partial charge in [0.2, 0.25) is 0 Å². The van der Waals surface area contributed by atoms with Crippen molar-refractivity contribution in [2.24, 2.45) is 16.3 Å². The Morgan fingerprint density at radius 3 is 2.54 bits per heavy atom. The number of fused-ring (bicyclic) bond motifs is 5. The number of ether oxygens (including phenoxy) is 1. The SMILES string of the molecule is C[C@@H]1CCCN(CCCNc2cc3c(c4c2C(=O)c2ccccc2C4=O)N=C2C=CC(C(C)(C)C)=CC2O3)C1. The van der Waals surface area contributed by atoms with Crippen molar-refractivity contribution in [3.8, 4) is 5.75 Å². The van der Waals surface area contributed by atoms with Crippen LogP contribution in [0.2, 0.25) is 0 Å². The lowest BCUT2D eigenvalue weighted by molar-refractivity contribution is 0.0979. The van der Waals surface area contributed by atoms with Gasteiger partial charge in [0.25, 0.3) is 0 Å². The lowest BCUT2D eigenvalue weighted by Crippen LogP contribution is -2.35. The largest absolute Gasteiger partial charge is 0.478 e. The Balaban J connectivity index is 1.35. The summed E-state index contributed by atoms with van der Waals surface area (Å²) < 4.78 is 6.48. The van der Waals surface area contributed by atoms with Crippen LogP contribution in [0, 0.1) is 11.3 Å². The number of aliphatic imine (C=N–C) groups is 1. The van der Waals surface area contributed by atoms with E-state index in [-0.39, 0.29) is 23.1 Å². The van der Waals surface area contributed by atoms with Crippen molar-refractivity contribution in [2.75, 3.05) is 31.5 Å². The first-order valence-electron chi connectivity index (χ1n) is 14.2. The molecule has 1 N–H and O–H groups in total. The number of likely N-dealkylation sites (tertiary alicyclic amines) is 1. The zero-order chi connectivity index (χ0) is 27.3. The molecule has 39 heavy (non-hydrogen) atoms. The number of allylic oxidation sites excluding steroid dienone is 2. The van der Waals surface area contributed by atoms with E-state index in [1.54, 1.807) is 24.3 Å². The molecule has 2 aliphatic carbocycles. The summed E-state index contributed by atoms with van der Waals surface area (Å²) in [7, 11) is 0. The van der Waals surface area contributed by atoms with E-state index < -0.39 is 0 Å². The quantitative estimate of drug-likeness (QED) is 0.394. The molecule has 0 amide bonds. The van der Waals surface area contributed by atoms with Gasteiger partial charge < -0.3 is 15.0 Å². The zero-order valence-electron chi connectivity index (χ0n) is 23.3.